The molecular weight excluding hydrogens is 240 g/mol. The molecule has 0 amide bonds. The quantitative estimate of drug-likeness (QED) is 0.376. The molecule has 3 N–H and O–H groups in total. The van der Waals surface area contributed by atoms with Gasteiger partial charge in [-0.2, -0.15) is 0 Å². The summed E-state index contributed by atoms with van der Waals surface area (Å²) in [5, 5.41) is 11.9. The van der Waals surface area contributed by atoms with Crippen LogP contribution in [0.3, 0.4) is 0 Å². The Labute approximate surface area is 114 Å². The molecule has 1 fully saturated rings. The van der Waals surface area contributed by atoms with Crippen molar-refractivity contribution in [3.05, 3.63) is 29.6 Å². The summed E-state index contributed by atoms with van der Waals surface area (Å²) in [5.41, 5.74) is 7.27. The van der Waals surface area contributed by atoms with Gasteiger partial charge in [-0.1, -0.05) is 25.1 Å². The largest absolute Gasteiger partial charge is 0.409 e. The molecule has 1 aromatic rings. The minimum atomic E-state index is 0.0775. The van der Waals surface area contributed by atoms with E-state index in [0.717, 1.165) is 25.2 Å². The maximum absolute atomic E-state index is 8.81. The molecule has 1 aliphatic heterocycles. The van der Waals surface area contributed by atoms with Crippen molar-refractivity contribution < 1.29 is 5.21 Å². The van der Waals surface area contributed by atoms with E-state index in [1.165, 1.54) is 6.42 Å². The van der Waals surface area contributed by atoms with Crippen molar-refractivity contribution >= 4 is 5.84 Å². The van der Waals surface area contributed by atoms with Gasteiger partial charge in [0.1, 0.15) is 5.69 Å². The Balaban J connectivity index is 2.15. The lowest BCUT2D eigenvalue weighted by Crippen LogP contribution is -2.38. The summed E-state index contributed by atoms with van der Waals surface area (Å²) in [6.07, 6.45) is 2.95. The van der Waals surface area contributed by atoms with Gasteiger partial charge in [0, 0.05) is 25.8 Å². The van der Waals surface area contributed by atoms with Gasteiger partial charge in [0.15, 0.2) is 5.84 Å². The highest BCUT2D eigenvalue weighted by atomic mass is 16.4. The molecule has 0 radical (unpaired) electrons. The number of oxime groups is 1. The third kappa shape index (κ3) is 3.44. The molecule has 5 heteroatoms. The van der Waals surface area contributed by atoms with E-state index in [-0.39, 0.29) is 5.84 Å². The minimum absolute atomic E-state index is 0.0775. The van der Waals surface area contributed by atoms with Crippen molar-refractivity contribution in [1.82, 2.24) is 9.88 Å². The van der Waals surface area contributed by atoms with Gasteiger partial charge in [-0.05, 0) is 29.9 Å². The predicted octanol–water partition coefficient (Wildman–Crippen LogP) is 1.65. The molecule has 2 heterocycles. The summed E-state index contributed by atoms with van der Waals surface area (Å²) in [6.45, 7) is 7.56. The van der Waals surface area contributed by atoms with Crippen molar-refractivity contribution in [2.24, 2.45) is 22.7 Å². The second kappa shape index (κ2) is 6.02. The summed E-state index contributed by atoms with van der Waals surface area (Å²) < 4.78 is 0. The molecule has 1 saturated heterocycles. The Bertz CT molecular complexity index is 451. The fraction of sp³-hybridized carbons (Fsp3) is 0.571. The van der Waals surface area contributed by atoms with Gasteiger partial charge >= 0.3 is 0 Å². The van der Waals surface area contributed by atoms with Crippen molar-refractivity contribution in [3.8, 4) is 0 Å². The zero-order valence-electron chi connectivity index (χ0n) is 11.6. The highest BCUT2D eigenvalue weighted by Crippen LogP contribution is 2.22. The SMILES string of the molecule is CC1CC(C)CN(Cc2cccnc2/C(N)=N/O)C1. The number of hydrogen-bond donors (Lipinski definition) is 2. The van der Waals surface area contributed by atoms with E-state index in [2.05, 4.69) is 28.9 Å². The van der Waals surface area contributed by atoms with Gasteiger partial charge in [0.2, 0.25) is 0 Å². The van der Waals surface area contributed by atoms with Crippen molar-refractivity contribution in [2.75, 3.05) is 13.1 Å². The topological polar surface area (TPSA) is 74.7 Å². The van der Waals surface area contributed by atoms with Crippen LogP contribution in [0.2, 0.25) is 0 Å². The number of aromatic nitrogens is 1. The van der Waals surface area contributed by atoms with Gasteiger partial charge in [-0.25, -0.2) is 0 Å². The summed E-state index contributed by atoms with van der Waals surface area (Å²) in [6, 6.07) is 3.88. The van der Waals surface area contributed by atoms with E-state index < -0.39 is 0 Å². The average Bonchev–Trinajstić information content (AvgIpc) is 2.37. The predicted molar refractivity (Wildman–Crippen MR) is 75.0 cm³/mol. The molecule has 0 spiro atoms. The third-order valence-corrected chi connectivity index (χ3v) is 3.58. The lowest BCUT2D eigenvalue weighted by Gasteiger charge is -2.35. The highest BCUT2D eigenvalue weighted by molar-refractivity contribution is 5.96. The lowest BCUT2D eigenvalue weighted by atomic mass is 9.91. The first-order valence-electron chi connectivity index (χ1n) is 6.74. The highest BCUT2D eigenvalue weighted by Gasteiger charge is 2.22. The molecule has 0 aromatic carbocycles. The normalized spacial score (nSPS) is 25.5. The van der Waals surface area contributed by atoms with E-state index in [1.807, 2.05) is 12.1 Å². The molecule has 19 heavy (non-hydrogen) atoms. The van der Waals surface area contributed by atoms with E-state index in [1.54, 1.807) is 6.20 Å². The van der Waals surface area contributed by atoms with Crippen LogP contribution in [-0.4, -0.2) is 34.0 Å². The summed E-state index contributed by atoms with van der Waals surface area (Å²) in [7, 11) is 0. The van der Waals surface area contributed by atoms with Crippen molar-refractivity contribution in [2.45, 2.75) is 26.8 Å². The minimum Gasteiger partial charge on any atom is -0.409 e. The van der Waals surface area contributed by atoms with Crippen LogP contribution in [0, 0.1) is 11.8 Å². The Morgan fingerprint density at radius 1 is 1.47 bits per heavy atom. The average molecular weight is 262 g/mol. The Hall–Kier alpha value is -1.62. The molecule has 5 nitrogen and oxygen atoms in total. The van der Waals surface area contributed by atoms with Gasteiger partial charge in [-0.3, -0.25) is 9.88 Å². The Kier molecular flexibility index (Phi) is 4.37. The molecule has 2 rings (SSSR count). The van der Waals surface area contributed by atoms with Gasteiger partial charge < -0.3 is 10.9 Å². The third-order valence-electron chi connectivity index (χ3n) is 3.58. The van der Waals surface area contributed by atoms with Crippen LogP contribution >= 0.6 is 0 Å². The Morgan fingerprint density at radius 2 is 2.16 bits per heavy atom. The number of nitrogens with two attached hydrogens (primary N) is 1. The first-order valence-corrected chi connectivity index (χ1v) is 6.74. The van der Waals surface area contributed by atoms with Crippen LogP contribution in [0.1, 0.15) is 31.5 Å². The van der Waals surface area contributed by atoms with Crippen molar-refractivity contribution in [1.29, 1.82) is 0 Å². The molecule has 0 aliphatic carbocycles. The molecule has 2 atom stereocenters. The van der Waals surface area contributed by atoms with Gasteiger partial charge in [0.05, 0.1) is 0 Å². The maximum atomic E-state index is 8.81. The summed E-state index contributed by atoms with van der Waals surface area (Å²) >= 11 is 0. The summed E-state index contributed by atoms with van der Waals surface area (Å²) in [4.78, 5) is 6.63. The number of rotatable bonds is 3. The van der Waals surface area contributed by atoms with Gasteiger partial charge in [0.25, 0.3) is 0 Å². The van der Waals surface area contributed by atoms with E-state index >= 15 is 0 Å². The van der Waals surface area contributed by atoms with Crippen LogP contribution in [0.15, 0.2) is 23.5 Å². The molecule has 0 saturated carbocycles. The van der Waals surface area contributed by atoms with Crippen LogP contribution in [0.5, 0.6) is 0 Å². The Morgan fingerprint density at radius 3 is 2.79 bits per heavy atom. The second-order valence-corrected chi connectivity index (χ2v) is 5.64. The van der Waals surface area contributed by atoms with Crippen LogP contribution in [-0.2, 0) is 6.54 Å². The maximum Gasteiger partial charge on any atom is 0.189 e. The number of amidine groups is 1. The number of nitrogens with zero attached hydrogens (tertiary/aromatic N) is 3. The molecule has 1 aromatic heterocycles. The van der Waals surface area contributed by atoms with Crippen molar-refractivity contribution in [3.63, 3.8) is 0 Å². The standard InChI is InChI=1S/C14H22N4O/c1-10-6-11(2)8-18(7-10)9-12-4-3-5-16-13(12)14(15)17-19/h3-5,10-11,19H,6-9H2,1-2H3,(H2,15,17). The molecule has 1 aliphatic rings. The fourth-order valence-electron chi connectivity index (χ4n) is 3.01. The zero-order chi connectivity index (χ0) is 13.8. The van der Waals surface area contributed by atoms with E-state index in [9.17, 15) is 0 Å². The zero-order valence-corrected chi connectivity index (χ0v) is 11.6. The van der Waals surface area contributed by atoms with Crippen LogP contribution in [0.25, 0.3) is 0 Å². The van der Waals surface area contributed by atoms with Gasteiger partial charge in [-0.15, -0.1) is 0 Å². The molecule has 2 unspecified atom stereocenters. The first-order chi connectivity index (χ1) is 9.10. The monoisotopic (exact) mass is 262 g/mol. The fourth-order valence-corrected chi connectivity index (χ4v) is 3.01. The summed E-state index contributed by atoms with van der Waals surface area (Å²) in [5.74, 6) is 1.51. The first kappa shape index (κ1) is 13.8. The molecule has 104 valence electrons. The number of hydrogen-bond acceptors (Lipinski definition) is 4. The molecule has 0 bridgehead atoms. The number of likely N-dealkylation sites (tertiary alicyclic amines) is 1. The lowest BCUT2D eigenvalue weighted by molar-refractivity contribution is 0.134. The smallest absolute Gasteiger partial charge is 0.189 e. The van der Waals surface area contributed by atoms with E-state index in [4.69, 9.17) is 10.9 Å². The van der Waals surface area contributed by atoms with E-state index in [0.29, 0.717) is 17.5 Å². The number of piperidine rings is 1. The van der Waals surface area contributed by atoms with Crippen LogP contribution in [0.4, 0.5) is 0 Å². The second-order valence-electron chi connectivity index (χ2n) is 5.64. The molecular formula is C14H22N4O. The van der Waals surface area contributed by atoms with Crippen LogP contribution < -0.4 is 5.73 Å². The number of pyridine rings is 1.